The van der Waals surface area contributed by atoms with E-state index in [0.29, 0.717) is 28.6 Å². The summed E-state index contributed by atoms with van der Waals surface area (Å²) >= 11 is 5.95. The molecule has 1 aliphatic rings. The van der Waals surface area contributed by atoms with Crippen LogP contribution < -0.4 is 15.1 Å². The second-order valence-corrected chi connectivity index (χ2v) is 6.34. The van der Waals surface area contributed by atoms with Gasteiger partial charge in [0.2, 0.25) is 0 Å². The number of carboxylic acids is 1. The molecule has 2 aromatic carbocycles. The molecule has 27 heavy (non-hydrogen) atoms. The van der Waals surface area contributed by atoms with E-state index in [4.69, 9.17) is 21.4 Å². The van der Waals surface area contributed by atoms with Crippen molar-refractivity contribution in [1.82, 2.24) is 5.17 Å². The number of halogens is 1. The number of nitrogens with zero attached hydrogens (tertiary/aromatic N) is 3. The van der Waals surface area contributed by atoms with Gasteiger partial charge in [-0.25, -0.2) is 9.79 Å². The molecular weight excluding hydrogens is 372 g/mol. The second kappa shape index (κ2) is 7.73. The van der Waals surface area contributed by atoms with Gasteiger partial charge in [-0.3, -0.25) is 10.6 Å². The van der Waals surface area contributed by atoms with Crippen LogP contribution in [0.25, 0.3) is 0 Å². The third-order valence-electron chi connectivity index (χ3n) is 4.04. The van der Waals surface area contributed by atoms with Crippen LogP contribution in [0.3, 0.4) is 0 Å². The van der Waals surface area contributed by atoms with E-state index in [0.717, 1.165) is 10.9 Å². The van der Waals surface area contributed by atoms with Crippen LogP contribution in [-0.2, 0) is 4.79 Å². The van der Waals surface area contributed by atoms with Crippen molar-refractivity contribution in [2.24, 2.45) is 4.99 Å². The zero-order valence-electron chi connectivity index (χ0n) is 14.8. The van der Waals surface area contributed by atoms with Crippen LogP contribution in [0.2, 0.25) is 5.02 Å². The van der Waals surface area contributed by atoms with Crippen molar-refractivity contribution >= 4 is 40.6 Å². The van der Waals surface area contributed by atoms with E-state index in [-0.39, 0.29) is 5.96 Å². The lowest BCUT2D eigenvalue weighted by molar-refractivity contribution is -0.145. The van der Waals surface area contributed by atoms with Crippen molar-refractivity contribution in [1.29, 1.82) is 0 Å². The van der Waals surface area contributed by atoms with Gasteiger partial charge < -0.3 is 14.7 Å². The number of nitrogens with one attached hydrogen (secondary N) is 1. The molecule has 0 saturated carbocycles. The molecule has 1 heterocycles. The molecule has 2 aromatic rings. The molecule has 0 amide bonds. The van der Waals surface area contributed by atoms with Gasteiger partial charge in [0.1, 0.15) is 5.75 Å². The average molecular weight is 391 g/mol. The fourth-order valence-corrected chi connectivity index (χ4v) is 2.74. The molecule has 0 radical (unpaired) electrons. The molecule has 0 aromatic heterocycles. The lowest BCUT2D eigenvalue weighted by atomic mass is 10.2. The fourth-order valence-electron chi connectivity index (χ4n) is 2.57. The van der Waals surface area contributed by atoms with Gasteiger partial charge in [0.25, 0.3) is 5.96 Å². The Morgan fingerprint density at radius 2 is 2.04 bits per heavy atom. The molecule has 1 atom stereocenters. The summed E-state index contributed by atoms with van der Waals surface area (Å²) in [6.45, 7) is 1.75. The fraction of sp³-hybridized carbons (Fsp3) is 0.222. The first-order chi connectivity index (χ1) is 12.9. The maximum absolute atomic E-state index is 11.1. The first-order valence-electron chi connectivity index (χ1n) is 8.26. The standard InChI is InChI=1S/C18H19ClN4O4/c1-3-16(17(24)25)27-13-7-5-12(6-8-13)22(2)18-20-14-9-4-11(19)10-15(14)21-23(18)26/h4-10,16,21,26H,3H2,1-2H3,(H,24,25). The Kier molecular flexibility index (Phi) is 5.38. The highest BCUT2D eigenvalue weighted by atomic mass is 35.5. The first-order valence-corrected chi connectivity index (χ1v) is 8.64. The Morgan fingerprint density at radius 3 is 2.67 bits per heavy atom. The van der Waals surface area contributed by atoms with Gasteiger partial charge in [-0.2, -0.15) is 0 Å². The minimum Gasteiger partial charge on any atom is -0.479 e. The van der Waals surface area contributed by atoms with E-state index in [2.05, 4.69) is 10.4 Å². The average Bonchev–Trinajstić information content (AvgIpc) is 2.65. The van der Waals surface area contributed by atoms with E-state index >= 15 is 0 Å². The first kappa shape index (κ1) is 18.8. The van der Waals surface area contributed by atoms with Gasteiger partial charge in [0.15, 0.2) is 6.10 Å². The van der Waals surface area contributed by atoms with E-state index in [1.807, 2.05) is 0 Å². The highest BCUT2D eigenvalue weighted by Crippen LogP contribution is 2.32. The Morgan fingerprint density at radius 1 is 1.33 bits per heavy atom. The molecule has 3 rings (SSSR count). The van der Waals surface area contributed by atoms with Crippen LogP contribution in [0, 0.1) is 0 Å². The number of aliphatic carboxylic acids is 1. The van der Waals surface area contributed by atoms with Crippen molar-refractivity contribution in [2.45, 2.75) is 19.4 Å². The summed E-state index contributed by atoms with van der Waals surface area (Å²) < 4.78 is 5.45. The predicted molar refractivity (Wildman–Crippen MR) is 103 cm³/mol. The topological polar surface area (TPSA) is 97.6 Å². The number of fused-ring (bicyclic) bond motifs is 1. The smallest absolute Gasteiger partial charge is 0.344 e. The Hall–Kier alpha value is -2.97. The number of hydroxylamine groups is 1. The molecule has 0 fully saturated rings. The number of carboxylic acid groups (broad SMARTS) is 1. The number of aliphatic imine (C=N–C) groups is 1. The lowest BCUT2D eigenvalue weighted by Crippen LogP contribution is -2.45. The number of rotatable bonds is 5. The van der Waals surface area contributed by atoms with Crippen LogP contribution in [0.15, 0.2) is 47.5 Å². The second-order valence-electron chi connectivity index (χ2n) is 5.90. The number of hydrogen-bond donors (Lipinski definition) is 3. The third kappa shape index (κ3) is 4.07. The molecule has 1 aliphatic heterocycles. The summed E-state index contributed by atoms with van der Waals surface area (Å²) in [7, 11) is 1.74. The normalized spacial score (nSPS) is 13.9. The molecular formula is C18H19ClN4O4. The minimum atomic E-state index is -1.00. The molecule has 0 spiro atoms. The van der Waals surface area contributed by atoms with Crippen molar-refractivity contribution < 1.29 is 19.8 Å². The van der Waals surface area contributed by atoms with Crippen LogP contribution >= 0.6 is 11.6 Å². The van der Waals surface area contributed by atoms with Gasteiger partial charge in [0.05, 0.1) is 11.4 Å². The zero-order valence-corrected chi connectivity index (χ0v) is 15.5. The van der Waals surface area contributed by atoms with Crippen molar-refractivity contribution in [3.63, 3.8) is 0 Å². The predicted octanol–water partition coefficient (Wildman–Crippen LogP) is 3.74. The minimum absolute atomic E-state index is 0.260. The van der Waals surface area contributed by atoms with Crippen molar-refractivity contribution in [2.75, 3.05) is 17.4 Å². The van der Waals surface area contributed by atoms with Crippen LogP contribution in [0.5, 0.6) is 5.75 Å². The monoisotopic (exact) mass is 390 g/mol. The number of carbonyl (C=O) groups is 1. The molecule has 8 nitrogen and oxygen atoms in total. The van der Waals surface area contributed by atoms with E-state index in [1.165, 1.54) is 0 Å². The maximum Gasteiger partial charge on any atom is 0.344 e. The maximum atomic E-state index is 11.1. The van der Waals surface area contributed by atoms with Gasteiger partial charge in [-0.1, -0.05) is 18.5 Å². The van der Waals surface area contributed by atoms with Crippen molar-refractivity contribution in [3.05, 3.63) is 47.5 Å². The van der Waals surface area contributed by atoms with Crippen LogP contribution in [-0.4, -0.2) is 40.6 Å². The number of hydrazine groups is 1. The molecule has 1 unspecified atom stereocenters. The summed E-state index contributed by atoms with van der Waals surface area (Å²) in [5, 5.41) is 20.6. The molecule has 0 aliphatic carbocycles. The van der Waals surface area contributed by atoms with Gasteiger partial charge in [-0.15, -0.1) is 5.17 Å². The summed E-state index contributed by atoms with van der Waals surface area (Å²) in [5.41, 5.74) is 4.75. The number of anilines is 2. The lowest BCUT2D eigenvalue weighted by Gasteiger charge is -2.31. The summed E-state index contributed by atoms with van der Waals surface area (Å²) in [6, 6.07) is 12.0. The number of guanidine groups is 1. The highest BCUT2D eigenvalue weighted by molar-refractivity contribution is 6.31. The summed E-state index contributed by atoms with van der Waals surface area (Å²) in [5.74, 6) is -0.294. The summed E-state index contributed by atoms with van der Waals surface area (Å²) in [6.07, 6.45) is -0.528. The Balaban J connectivity index is 1.80. The van der Waals surface area contributed by atoms with Gasteiger partial charge in [0, 0.05) is 17.8 Å². The number of hydrogen-bond acceptors (Lipinski definition) is 7. The quantitative estimate of drug-likeness (QED) is 0.715. The van der Waals surface area contributed by atoms with Gasteiger partial charge >= 0.3 is 5.97 Å². The Labute approximate surface area is 161 Å². The van der Waals surface area contributed by atoms with Crippen LogP contribution in [0.4, 0.5) is 17.1 Å². The van der Waals surface area contributed by atoms with E-state index < -0.39 is 12.1 Å². The van der Waals surface area contributed by atoms with E-state index in [9.17, 15) is 10.0 Å². The SMILES string of the molecule is CCC(Oc1ccc(N(C)C2=Nc3ccc(Cl)cc3NN2O)cc1)C(=O)O. The van der Waals surface area contributed by atoms with Gasteiger partial charge in [-0.05, 0) is 48.9 Å². The largest absolute Gasteiger partial charge is 0.479 e. The number of ether oxygens (including phenoxy) is 1. The molecule has 0 saturated heterocycles. The third-order valence-corrected chi connectivity index (χ3v) is 4.28. The molecule has 3 N–H and O–H groups in total. The van der Waals surface area contributed by atoms with Crippen molar-refractivity contribution in [3.8, 4) is 5.75 Å². The zero-order chi connectivity index (χ0) is 19.6. The molecule has 0 bridgehead atoms. The molecule has 9 heteroatoms. The molecule has 142 valence electrons. The number of benzene rings is 2. The summed E-state index contributed by atoms with van der Waals surface area (Å²) in [4.78, 5) is 17.2. The van der Waals surface area contributed by atoms with Crippen LogP contribution in [0.1, 0.15) is 13.3 Å². The van der Waals surface area contributed by atoms with E-state index in [1.54, 1.807) is 61.3 Å². The Bertz CT molecular complexity index is 872. The highest BCUT2D eigenvalue weighted by Gasteiger charge is 2.23.